The number of benzene rings is 2. The standard InChI is InChI=1S/C14H11BrClFO2/c1-14(19,8-2-4-9(18)5-3-8)10-6-7-11(15)12(16)13(10)17/h2-7,18-19H,1H3. The molecule has 5 heteroatoms. The molecule has 0 radical (unpaired) electrons. The Morgan fingerprint density at radius 3 is 2.32 bits per heavy atom. The van der Waals surface area contributed by atoms with E-state index < -0.39 is 11.4 Å². The van der Waals surface area contributed by atoms with Crippen molar-refractivity contribution in [3.8, 4) is 5.75 Å². The fourth-order valence-corrected chi connectivity index (χ4v) is 2.31. The first kappa shape index (κ1) is 14.3. The highest BCUT2D eigenvalue weighted by molar-refractivity contribution is 9.10. The molecule has 0 saturated carbocycles. The van der Waals surface area contributed by atoms with Gasteiger partial charge in [0.05, 0.1) is 5.02 Å². The van der Waals surface area contributed by atoms with Crippen molar-refractivity contribution in [3.05, 3.63) is 62.8 Å². The maximum atomic E-state index is 14.2. The predicted octanol–water partition coefficient (Wildman–Crippen LogP) is 4.20. The van der Waals surface area contributed by atoms with E-state index in [9.17, 15) is 14.6 Å². The Kier molecular flexibility index (Phi) is 3.85. The Bertz CT molecular complexity index is 612. The highest BCUT2D eigenvalue weighted by Crippen LogP contribution is 2.36. The van der Waals surface area contributed by atoms with Crippen molar-refractivity contribution in [1.82, 2.24) is 0 Å². The van der Waals surface area contributed by atoms with E-state index >= 15 is 0 Å². The Morgan fingerprint density at radius 1 is 1.16 bits per heavy atom. The summed E-state index contributed by atoms with van der Waals surface area (Å²) in [6.07, 6.45) is 0. The van der Waals surface area contributed by atoms with Crippen LogP contribution in [0.25, 0.3) is 0 Å². The van der Waals surface area contributed by atoms with Crippen molar-refractivity contribution < 1.29 is 14.6 Å². The lowest BCUT2D eigenvalue weighted by Gasteiger charge is -2.25. The summed E-state index contributed by atoms with van der Waals surface area (Å²) in [6.45, 7) is 1.47. The van der Waals surface area contributed by atoms with Gasteiger partial charge in [-0.15, -0.1) is 0 Å². The van der Waals surface area contributed by atoms with Gasteiger partial charge < -0.3 is 10.2 Å². The fraction of sp³-hybridized carbons (Fsp3) is 0.143. The van der Waals surface area contributed by atoms with Gasteiger partial charge in [0.25, 0.3) is 0 Å². The Hall–Kier alpha value is -1.10. The van der Waals surface area contributed by atoms with Crippen LogP contribution in [0, 0.1) is 5.82 Å². The third-order valence-corrected chi connectivity index (χ3v) is 4.25. The van der Waals surface area contributed by atoms with Gasteiger partial charge in [0.2, 0.25) is 0 Å². The second-order valence-corrected chi connectivity index (χ2v) is 5.57. The molecule has 1 unspecified atom stereocenters. The highest BCUT2D eigenvalue weighted by atomic mass is 79.9. The summed E-state index contributed by atoms with van der Waals surface area (Å²) in [5, 5.41) is 19.7. The molecule has 100 valence electrons. The average molecular weight is 346 g/mol. The second-order valence-electron chi connectivity index (χ2n) is 4.34. The number of rotatable bonds is 2. The van der Waals surface area contributed by atoms with Crippen LogP contribution >= 0.6 is 27.5 Å². The van der Waals surface area contributed by atoms with Gasteiger partial charge in [-0.1, -0.05) is 29.8 Å². The van der Waals surface area contributed by atoms with Crippen LogP contribution in [-0.4, -0.2) is 10.2 Å². The summed E-state index contributed by atoms with van der Waals surface area (Å²) in [5.74, 6) is -0.594. The molecule has 2 nitrogen and oxygen atoms in total. The normalized spacial score (nSPS) is 14.2. The molecule has 2 rings (SSSR count). The molecule has 0 aliphatic carbocycles. The minimum absolute atomic E-state index is 0.0726. The third kappa shape index (κ3) is 2.61. The number of aromatic hydroxyl groups is 1. The monoisotopic (exact) mass is 344 g/mol. The van der Waals surface area contributed by atoms with Crippen LogP contribution in [0.3, 0.4) is 0 Å². The molecule has 19 heavy (non-hydrogen) atoms. The quantitative estimate of drug-likeness (QED) is 0.801. The van der Waals surface area contributed by atoms with Gasteiger partial charge >= 0.3 is 0 Å². The highest BCUT2D eigenvalue weighted by Gasteiger charge is 2.30. The summed E-state index contributed by atoms with van der Waals surface area (Å²) < 4.78 is 14.6. The van der Waals surface area contributed by atoms with E-state index in [-0.39, 0.29) is 16.3 Å². The van der Waals surface area contributed by atoms with Crippen molar-refractivity contribution in [2.75, 3.05) is 0 Å². The van der Waals surface area contributed by atoms with Gasteiger partial charge in [0, 0.05) is 10.0 Å². The van der Waals surface area contributed by atoms with E-state index in [2.05, 4.69) is 15.9 Å². The zero-order valence-corrected chi connectivity index (χ0v) is 12.3. The van der Waals surface area contributed by atoms with Crippen LogP contribution in [0.2, 0.25) is 5.02 Å². The molecule has 0 aromatic heterocycles. The zero-order valence-electron chi connectivity index (χ0n) is 9.99. The molecule has 0 saturated heterocycles. The summed E-state index contributed by atoms with van der Waals surface area (Å²) in [4.78, 5) is 0. The average Bonchev–Trinajstić information content (AvgIpc) is 2.36. The first-order valence-electron chi connectivity index (χ1n) is 5.50. The zero-order chi connectivity index (χ0) is 14.2. The maximum Gasteiger partial charge on any atom is 0.149 e. The lowest BCUT2D eigenvalue weighted by atomic mass is 9.88. The van der Waals surface area contributed by atoms with Crippen LogP contribution in [0.4, 0.5) is 4.39 Å². The molecular formula is C14H11BrClFO2. The molecule has 0 bridgehead atoms. The lowest BCUT2D eigenvalue weighted by Crippen LogP contribution is -2.24. The molecule has 0 aliphatic heterocycles. The summed E-state index contributed by atoms with van der Waals surface area (Å²) in [7, 11) is 0. The van der Waals surface area contributed by atoms with Gasteiger partial charge in [-0.25, -0.2) is 4.39 Å². The van der Waals surface area contributed by atoms with Gasteiger partial charge in [0.15, 0.2) is 0 Å². The molecule has 0 aliphatic rings. The van der Waals surface area contributed by atoms with Crippen LogP contribution in [0.15, 0.2) is 40.9 Å². The second kappa shape index (κ2) is 5.12. The van der Waals surface area contributed by atoms with Gasteiger partial charge in [-0.3, -0.25) is 0 Å². The molecule has 0 heterocycles. The van der Waals surface area contributed by atoms with E-state index in [1.165, 1.54) is 37.3 Å². The van der Waals surface area contributed by atoms with Gasteiger partial charge in [0.1, 0.15) is 17.2 Å². The molecule has 2 N–H and O–H groups in total. The maximum absolute atomic E-state index is 14.2. The van der Waals surface area contributed by atoms with Crippen LogP contribution in [0.5, 0.6) is 5.75 Å². The molecular weight excluding hydrogens is 335 g/mol. The Morgan fingerprint density at radius 2 is 1.74 bits per heavy atom. The van der Waals surface area contributed by atoms with Crippen molar-refractivity contribution in [2.24, 2.45) is 0 Å². The first-order chi connectivity index (χ1) is 8.84. The van der Waals surface area contributed by atoms with Crippen molar-refractivity contribution >= 4 is 27.5 Å². The van der Waals surface area contributed by atoms with Gasteiger partial charge in [-0.05, 0) is 46.6 Å². The topological polar surface area (TPSA) is 40.5 Å². The number of hydrogen-bond acceptors (Lipinski definition) is 2. The number of halogens is 3. The minimum atomic E-state index is -1.54. The predicted molar refractivity (Wildman–Crippen MR) is 75.9 cm³/mol. The molecule has 0 amide bonds. The van der Waals surface area contributed by atoms with Crippen molar-refractivity contribution in [3.63, 3.8) is 0 Å². The molecule has 2 aromatic rings. The SMILES string of the molecule is CC(O)(c1ccc(O)cc1)c1ccc(Br)c(Cl)c1F. The summed E-state index contributed by atoms with van der Waals surface area (Å²) >= 11 is 8.95. The fourth-order valence-electron chi connectivity index (χ4n) is 1.84. The number of aliphatic hydroxyl groups is 1. The van der Waals surface area contributed by atoms with Crippen molar-refractivity contribution in [1.29, 1.82) is 0 Å². The Balaban J connectivity index is 2.56. The summed E-state index contributed by atoms with van der Waals surface area (Å²) in [6, 6.07) is 8.98. The number of hydrogen-bond donors (Lipinski definition) is 2. The van der Waals surface area contributed by atoms with Crippen LogP contribution < -0.4 is 0 Å². The van der Waals surface area contributed by atoms with E-state index in [1.807, 2.05) is 0 Å². The number of phenolic OH excluding ortho intramolecular Hbond substituents is 1. The minimum Gasteiger partial charge on any atom is -0.508 e. The van der Waals surface area contributed by atoms with E-state index in [1.54, 1.807) is 6.07 Å². The first-order valence-corrected chi connectivity index (χ1v) is 6.67. The van der Waals surface area contributed by atoms with E-state index in [0.29, 0.717) is 10.0 Å². The third-order valence-electron chi connectivity index (χ3n) is 2.99. The molecule has 0 fully saturated rings. The summed E-state index contributed by atoms with van der Waals surface area (Å²) in [5.41, 5.74) is -1.00. The van der Waals surface area contributed by atoms with E-state index in [4.69, 9.17) is 11.6 Å². The lowest BCUT2D eigenvalue weighted by molar-refractivity contribution is 0.0979. The van der Waals surface area contributed by atoms with Crippen LogP contribution in [0.1, 0.15) is 18.1 Å². The smallest absolute Gasteiger partial charge is 0.149 e. The Labute approximate surface area is 123 Å². The molecule has 0 spiro atoms. The number of phenols is 1. The van der Waals surface area contributed by atoms with E-state index in [0.717, 1.165) is 0 Å². The largest absolute Gasteiger partial charge is 0.508 e. The van der Waals surface area contributed by atoms with Crippen molar-refractivity contribution in [2.45, 2.75) is 12.5 Å². The van der Waals surface area contributed by atoms with Gasteiger partial charge in [-0.2, -0.15) is 0 Å². The molecule has 1 atom stereocenters. The molecule has 2 aromatic carbocycles. The van der Waals surface area contributed by atoms with Crippen LogP contribution in [-0.2, 0) is 5.60 Å².